The fourth-order valence-electron chi connectivity index (χ4n) is 1.80. The van der Waals surface area contributed by atoms with Crippen molar-refractivity contribution in [3.63, 3.8) is 0 Å². The van der Waals surface area contributed by atoms with Gasteiger partial charge >= 0.3 is 0 Å². The molecule has 3 rings (SSSR count). The lowest BCUT2D eigenvalue weighted by atomic mass is 10.2. The standard InChI is InChI=1S/C15H16N2OS2/c1-10(14(18)16-12-7-8-12)20-15-17-13(9-19-15)11-5-3-2-4-6-11/h2-6,9-10,12H,7-8H2,1H3,(H,16,18). The second-order valence-corrected chi connectivity index (χ2v) is 7.35. The Labute approximate surface area is 126 Å². The number of aromatic nitrogens is 1. The van der Waals surface area contributed by atoms with E-state index in [1.165, 1.54) is 11.8 Å². The molecule has 1 saturated carbocycles. The Morgan fingerprint density at radius 1 is 1.40 bits per heavy atom. The first-order chi connectivity index (χ1) is 9.72. The molecule has 20 heavy (non-hydrogen) atoms. The lowest BCUT2D eigenvalue weighted by molar-refractivity contribution is -0.120. The summed E-state index contributed by atoms with van der Waals surface area (Å²) < 4.78 is 0.947. The van der Waals surface area contributed by atoms with Gasteiger partial charge in [-0.3, -0.25) is 4.79 Å². The molecule has 1 aromatic carbocycles. The average Bonchev–Trinajstić information content (AvgIpc) is 3.16. The highest BCUT2D eigenvalue weighted by Gasteiger charge is 2.26. The molecule has 0 saturated heterocycles. The molecule has 0 aliphatic heterocycles. The van der Waals surface area contributed by atoms with Crippen LogP contribution in [-0.2, 0) is 4.79 Å². The van der Waals surface area contributed by atoms with Crippen LogP contribution in [0.1, 0.15) is 19.8 Å². The van der Waals surface area contributed by atoms with E-state index < -0.39 is 0 Å². The van der Waals surface area contributed by atoms with Crippen LogP contribution >= 0.6 is 23.1 Å². The van der Waals surface area contributed by atoms with Crippen LogP contribution in [0, 0.1) is 0 Å². The number of hydrogen-bond acceptors (Lipinski definition) is 4. The number of benzene rings is 1. The zero-order chi connectivity index (χ0) is 13.9. The number of hydrogen-bond donors (Lipinski definition) is 1. The summed E-state index contributed by atoms with van der Waals surface area (Å²) in [5.74, 6) is 0.119. The lowest BCUT2D eigenvalue weighted by Crippen LogP contribution is -2.32. The van der Waals surface area contributed by atoms with Gasteiger partial charge in [0.2, 0.25) is 5.91 Å². The Morgan fingerprint density at radius 3 is 2.85 bits per heavy atom. The Balaban J connectivity index is 1.63. The Morgan fingerprint density at radius 2 is 2.15 bits per heavy atom. The summed E-state index contributed by atoms with van der Waals surface area (Å²) in [6.45, 7) is 1.94. The first-order valence-electron chi connectivity index (χ1n) is 6.70. The zero-order valence-corrected chi connectivity index (χ0v) is 12.8. The maximum absolute atomic E-state index is 11.9. The van der Waals surface area contributed by atoms with Gasteiger partial charge in [0.05, 0.1) is 10.9 Å². The highest BCUT2D eigenvalue weighted by atomic mass is 32.2. The van der Waals surface area contributed by atoms with Crippen LogP contribution in [0.25, 0.3) is 11.3 Å². The van der Waals surface area contributed by atoms with E-state index in [2.05, 4.69) is 10.3 Å². The summed E-state index contributed by atoms with van der Waals surface area (Å²) in [6, 6.07) is 10.5. The Bertz CT molecular complexity index is 593. The van der Waals surface area contributed by atoms with Crippen molar-refractivity contribution < 1.29 is 4.79 Å². The summed E-state index contributed by atoms with van der Waals surface area (Å²) in [7, 11) is 0. The van der Waals surface area contributed by atoms with Crippen LogP contribution in [0.2, 0.25) is 0 Å². The van der Waals surface area contributed by atoms with Gasteiger partial charge in [-0.05, 0) is 19.8 Å². The Kier molecular flexibility index (Phi) is 4.08. The van der Waals surface area contributed by atoms with E-state index in [0.29, 0.717) is 6.04 Å². The number of rotatable bonds is 5. The second-order valence-electron chi connectivity index (χ2n) is 4.91. The van der Waals surface area contributed by atoms with Gasteiger partial charge in [0.15, 0.2) is 4.34 Å². The van der Waals surface area contributed by atoms with Gasteiger partial charge in [0.1, 0.15) is 0 Å². The molecular weight excluding hydrogens is 288 g/mol. The summed E-state index contributed by atoms with van der Waals surface area (Å²) in [5, 5.41) is 4.98. The zero-order valence-electron chi connectivity index (χ0n) is 11.2. The van der Waals surface area contributed by atoms with Gasteiger partial charge in [0, 0.05) is 17.0 Å². The van der Waals surface area contributed by atoms with Crippen molar-refractivity contribution in [1.29, 1.82) is 0 Å². The van der Waals surface area contributed by atoms with Crippen molar-refractivity contribution in [2.75, 3.05) is 0 Å². The summed E-state index contributed by atoms with van der Waals surface area (Å²) in [6.07, 6.45) is 2.25. The van der Waals surface area contributed by atoms with Gasteiger partial charge in [0.25, 0.3) is 0 Å². The number of nitrogens with zero attached hydrogens (tertiary/aromatic N) is 1. The van der Waals surface area contributed by atoms with Crippen LogP contribution in [0.3, 0.4) is 0 Å². The molecule has 0 bridgehead atoms. The molecule has 3 nitrogen and oxygen atoms in total. The molecule has 1 atom stereocenters. The monoisotopic (exact) mass is 304 g/mol. The van der Waals surface area contributed by atoms with E-state index in [1.54, 1.807) is 11.3 Å². The fraction of sp³-hybridized carbons (Fsp3) is 0.333. The van der Waals surface area contributed by atoms with E-state index in [9.17, 15) is 4.79 Å². The average molecular weight is 304 g/mol. The van der Waals surface area contributed by atoms with Gasteiger partial charge < -0.3 is 5.32 Å². The van der Waals surface area contributed by atoms with Crippen LogP contribution in [-0.4, -0.2) is 22.2 Å². The maximum atomic E-state index is 11.9. The third-order valence-corrected chi connectivity index (χ3v) is 5.20. The molecule has 1 fully saturated rings. The molecule has 1 aromatic heterocycles. The van der Waals surface area contributed by atoms with Gasteiger partial charge in [-0.25, -0.2) is 4.98 Å². The number of nitrogens with one attached hydrogen (secondary N) is 1. The normalized spacial score (nSPS) is 15.8. The molecule has 1 aliphatic carbocycles. The highest BCUT2D eigenvalue weighted by Crippen LogP contribution is 2.31. The molecule has 0 radical (unpaired) electrons. The molecule has 5 heteroatoms. The van der Waals surface area contributed by atoms with Gasteiger partial charge in [-0.1, -0.05) is 42.1 Å². The molecule has 104 valence electrons. The first kappa shape index (κ1) is 13.6. The van der Waals surface area contributed by atoms with E-state index in [-0.39, 0.29) is 11.2 Å². The van der Waals surface area contributed by atoms with E-state index in [0.717, 1.165) is 28.4 Å². The molecule has 0 spiro atoms. The highest BCUT2D eigenvalue weighted by molar-refractivity contribution is 8.02. The first-order valence-corrected chi connectivity index (χ1v) is 8.46. The minimum atomic E-state index is -0.0922. The van der Waals surface area contributed by atoms with Crippen molar-refractivity contribution >= 4 is 29.0 Å². The van der Waals surface area contributed by atoms with Crippen molar-refractivity contribution in [3.8, 4) is 11.3 Å². The van der Waals surface area contributed by atoms with Gasteiger partial charge in [-0.15, -0.1) is 11.3 Å². The van der Waals surface area contributed by atoms with Crippen molar-refractivity contribution in [2.45, 2.75) is 35.4 Å². The maximum Gasteiger partial charge on any atom is 0.233 e. The quantitative estimate of drug-likeness (QED) is 0.859. The molecule has 1 unspecified atom stereocenters. The van der Waals surface area contributed by atoms with Crippen molar-refractivity contribution in [2.24, 2.45) is 0 Å². The minimum absolute atomic E-state index is 0.0922. The van der Waals surface area contributed by atoms with Crippen LogP contribution < -0.4 is 5.32 Å². The third-order valence-electron chi connectivity index (χ3n) is 3.12. The molecule has 2 aromatic rings. The smallest absolute Gasteiger partial charge is 0.233 e. The molecule has 1 amide bonds. The van der Waals surface area contributed by atoms with E-state index in [1.807, 2.05) is 42.6 Å². The topological polar surface area (TPSA) is 42.0 Å². The summed E-state index contributed by atoms with van der Waals surface area (Å²) in [4.78, 5) is 16.5. The summed E-state index contributed by atoms with van der Waals surface area (Å²) >= 11 is 3.13. The lowest BCUT2D eigenvalue weighted by Gasteiger charge is -2.09. The fourth-order valence-corrected chi connectivity index (χ4v) is 3.78. The summed E-state index contributed by atoms with van der Waals surface area (Å²) in [5.41, 5.74) is 2.10. The van der Waals surface area contributed by atoms with Crippen LogP contribution in [0.5, 0.6) is 0 Å². The number of carbonyl (C=O) groups is 1. The molecular formula is C15H16N2OS2. The molecule has 1 heterocycles. The molecule has 1 N–H and O–H groups in total. The minimum Gasteiger partial charge on any atom is -0.352 e. The van der Waals surface area contributed by atoms with Gasteiger partial charge in [-0.2, -0.15) is 0 Å². The predicted octanol–water partition coefficient (Wildman–Crippen LogP) is 3.57. The van der Waals surface area contributed by atoms with E-state index >= 15 is 0 Å². The molecule has 1 aliphatic rings. The number of thiazole rings is 1. The Hall–Kier alpha value is -1.33. The number of amides is 1. The number of thioether (sulfide) groups is 1. The number of carbonyl (C=O) groups excluding carboxylic acids is 1. The second kappa shape index (κ2) is 5.97. The van der Waals surface area contributed by atoms with Crippen molar-refractivity contribution in [3.05, 3.63) is 35.7 Å². The van der Waals surface area contributed by atoms with E-state index in [4.69, 9.17) is 0 Å². The largest absolute Gasteiger partial charge is 0.352 e. The van der Waals surface area contributed by atoms with Crippen LogP contribution in [0.4, 0.5) is 0 Å². The third kappa shape index (κ3) is 3.41. The SMILES string of the molecule is CC(Sc1nc(-c2ccccc2)cs1)C(=O)NC1CC1. The van der Waals surface area contributed by atoms with Crippen LogP contribution in [0.15, 0.2) is 40.1 Å². The predicted molar refractivity (Wildman–Crippen MR) is 84.0 cm³/mol. The van der Waals surface area contributed by atoms with Crippen molar-refractivity contribution in [1.82, 2.24) is 10.3 Å².